The van der Waals surface area contributed by atoms with E-state index in [4.69, 9.17) is 0 Å². The van der Waals surface area contributed by atoms with Gasteiger partial charge in [-0.1, -0.05) is 39.3 Å². The van der Waals surface area contributed by atoms with Gasteiger partial charge in [0.1, 0.15) is 12.1 Å². The summed E-state index contributed by atoms with van der Waals surface area (Å²) >= 11 is 0. The molecule has 0 bridgehead atoms. The number of hydrogen-bond donors (Lipinski definition) is 1. The van der Waals surface area contributed by atoms with Gasteiger partial charge in [0.2, 0.25) is 11.8 Å². The summed E-state index contributed by atoms with van der Waals surface area (Å²) in [5.41, 5.74) is 0. The van der Waals surface area contributed by atoms with Gasteiger partial charge in [0.25, 0.3) is 0 Å². The summed E-state index contributed by atoms with van der Waals surface area (Å²) in [5, 5.41) is 2.88. The Labute approximate surface area is 116 Å². The van der Waals surface area contributed by atoms with E-state index in [9.17, 15) is 9.59 Å². The number of hydrogen-bond acceptors (Lipinski definition) is 2. The molecule has 4 heteroatoms. The zero-order valence-corrected chi connectivity index (χ0v) is 12.5. The summed E-state index contributed by atoms with van der Waals surface area (Å²) in [6, 6.07) is -0.664. The van der Waals surface area contributed by atoms with E-state index in [2.05, 4.69) is 19.2 Å². The van der Waals surface area contributed by atoms with E-state index in [-0.39, 0.29) is 23.9 Å². The Morgan fingerprint density at radius 1 is 1.37 bits per heavy atom. The van der Waals surface area contributed by atoms with E-state index in [1.54, 1.807) is 4.90 Å². The lowest BCUT2D eigenvalue weighted by atomic mass is 9.97. The zero-order chi connectivity index (χ0) is 14.4. The van der Waals surface area contributed by atoms with Gasteiger partial charge in [-0.15, -0.1) is 0 Å². The molecule has 0 aromatic rings. The van der Waals surface area contributed by atoms with Gasteiger partial charge in [-0.05, 0) is 25.7 Å². The van der Waals surface area contributed by atoms with Crippen molar-refractivity contribution in [2.24, 2.45) is 5.92 Å². The smallest absolute Gasteiger partial charge is 0.246 e. The highest BCUT2D eigenvalue weighted by Gasteiger charge is 2.39. The van der Waals surface area contributed by atoms with Crippen molar-refractivity contribution in [3.05, 3.63) is 12.2 Å². The van der Waals surface area contributed by atoms with E-state index < -0.39 is 0 Å². The van der Waals surface area contributed by atoms with Gasteiger partial charge in [-0.25, -0.2) is 0 Å². The van der Waals surface area contributed by atoms with Crippen molar-refractivity contribution in [3.8, 4) is 0 Å². The molecule has 0 aromatic carbocycles. The third kappa shape index (κ3) is 4.08. The van der Waals surface area contributed by atoms with Crippen LogP contribution in [-0.4, -0.2) is 35.3 Å². The quantitative estimate of drug-likeness (QED) is 0.749. The molecule has 0 saturated carbocycles. The minimum Gasteiger partial charge on any atom is -0.342 e. The molecular formula is C15H26N2O2. The maximum absolute atomic E-state index is 12.5. The van der Waals surface area contributed by atoms with Gasteiger partial charge < -0.3 is 10.2 Å². The van der Waals surface area contributed by atoms with Crippen LogP contribution in [0.2, 0.25) is 0 Å². The average Bonchev–Trinajstić information content (AvgIpc) is 2.34. The lowest BCUT2D eigenvalue weighted by Crippen LogP contribution is -2.63. The molecular weight excluding hydrogens is 240 g/mol. The van der Waals surface area contributed by atoms with E-state index >= 15 is 0 Å². The molecule has 108 valence electrons. The number of piperazine rings is 1. The van der Waals surface area contributed by atoms with E-state index in [0.717, 1.165) is 12.8 Å². The van der Waals surface area contributed by atoms with Crippen molar-refractivity contribution in [1.29, 1.82) is 0 Å². The molecule has 1 heterocycles. The Morgan fingerprint density at radius 2 is 2.05 bits per heavy atom. The van der Waals surface area contributed by atoms with Crippen molar-refractivity contribution in [2.45, 2.75) is 59.0 Å². The predicted octanol–water partition coefficient (Wildman–Crippen LogP) is 2.10. The highest BCUT2D eigenvalue weighted by molar-refractivity contribution is 5.97. The summed E-state index contributed by atoms with van der Waals surface area (Å²) in [5.74, 6) is 0.446. The monoisotopic (exact) mass is 266 g/mol. The summed E-state index contributed by atoms with van der Waals surface area (Å²) < 4.78 is 0. The second-order valence-corrected chi connectivity index (χ2v) is 5.55. The Kier molecular flexibility index (Phi) is 6.06. The lowest BCUT2D eigenvalue weighted by Gasteiger charge is -2.39. The maximum atomic E-state index is 12.5. The number of nitrogens with one attached hydrogen (secondary N) is 1. The Bertz CT molecular complexity index is 350. The third-order valence-corrected chi connectivity index (χ3v) is 3.38. The van der Waals surface area contributed by atoms with E-state index in [0.29, 0.717) is 18.9 Å². The molecule has 2 unspecified atom stereocenters. The molecule has 0 aliphatic carbocycles. The molecule has 1 aliphatic heterocycles. The van der Waals surface area contributed by atoms with Gasteiger partial charge in [0, 0.05) is 6.54 Å². The van der Waals surface area contributed by atoms with Crippen molar-refractivity contribution < 1.29 is 9.59 Å². The summed E-state index contributed by atoms with van der Waals surface area (Å²) in [4.78, 5) is 26.4. The van der Waals surface area contributed by atoms with Crippen LogP contribution in [0.4, 0.5) is 0 Å². The fourth-order valence-corrected chi connectivity index (χ4v) is 2.45. The molecule has 1 fully saturated rings. The number of nitrogens with zero attached hydrogens (tertiary/aromatic N) is 1. The first-order chi connectivity index (χ1) is 9.01. The zero-order valence-electron chi connectivity index (χ0n) is 12.5. The SMILES string of the molecule is C/C=C/CN1C(=O)C(CC(C)C)NC(=O)C1CCC. The van der Waals surface area contributed by atoms with Crippen LogP contribution in [0.3, 0.4) is 0 Å². The first-order valence-corrected chi connectivity index (χ1v) is 7.23. The number of carbonyl (C=O) groups excluding carboxylic acids is 2. The second kappa shape index (κ2) is 7.31. The lowest BCUT2D eigenvalue weighted by molar-refractivity contribution is -0.149. The van der Waals surface area contributed by atoms with E-state index in [1.165, 1.54) is 0 Å². The van der Waals surface area contributed by atoms with Crippen LogP contribution in [0, 0.1) is 5.92 Å². The van der Waals surface area contributed by atoms with Crippen LogP contribution in [-0.2, 0) is 9.59 Å². The molecule has 2 amide bonds. The van der Waals surface area contributed by atoms with Crippen LogP contribution < -0.4 is 5.32 Å². The van der Waals surface area contributed by atoms with Crippen LogP contribution in [0.15, 0.2) is 12.2 Å². The average molecular weight is 266 g/mol. The van der Waals surface area contributed by atoms with Crippen molar-refractivity contribution in [1.82, 2.24) is 10.2 Å². The Balaban J connectivity index is 2.87. The molecule has 2 atom stereocenters. The molecule has 1 N–H and O–H groups in total. The molecule has 1 rings (SSSR count). The topological polar surface area (TPSA) is 49.4 Å². The summed E-state index contributed by atoms with van der Waals surface area (Å²) in [6.45, 7) is 8.62. The van der Waals surface area contributed by atoms with E-state index in [1.807, 2.05) is 26.0 Å². The van der Waals surface area contributed by atoms with Crippen molar-refractivity contribution in [3.63, 3.8) is 0 Å². The summed E-state index contributed by atoms with van der Waals surface area (Å²) in [6.07, 6.45) is 6.18. The first-order valence-electron chi connectivity index (χ1n) is 7.23. The maximum Gasteiger partial charge on any atom is 0.246 e. The molecule has 19 heavy (non-hydrogen) atoms. The minimum atomic E-state index is -0.356. The first kappa shape index (κ1) is 15.7. The fourth-order valence-electron chi connectivity index (χ4n) is 2.45. The number of allylic oxidation sites excluding steroid dienone is 1. The van der Waals surface area contributed by atoms with Crippen LogP contribution in [0.25, 0.3) is 0 Å². The molecule has 1 aliphatic rings. The highest BCUT2D eigenvalue weighted by Crippen LogP contribution is 2.18. The fraction of sp³-hybridized carbons (Fsp3) is 0.733. The standard InChI is InChI=1S/C15H26N2O2/c1-5-7-9-17-13(8-6-2)14(18)16-12(15(17)19)10-11(3)4/h5,7,11-13H,6,8-10H2,1-4H3,(H,16,18)/b7-5+. The van der Waals surface area contributed by atoms with Crippen LogP contribution >= 0.6 is 0 Å². The van der Waals surface area contributed by atoms with Crippen molar-refractivity contribution >= 4 is 11.8 Å². The third-order valence-electron chi connectivity index (χ3n) is 3.38. The Morgan fingerprint density at radius 3 is 2.58 bits per heavy atom. The second-order valence-electron chi connectivity index (χ2n) is 5.55. The van der Waals surface area contributed by atoms with Crippen molar-refractivity contribution in [2.75, 3.05) is 6.54 Å². The molecule has 0 aromatic heterocycles. The number of carbonyl (C=O) groups is 2. The highest BCUT2D eigenvalue weighted by atomic mass is 16.2. The number of amides is 2. The molecule has 1 saturated heterocycles. The minimum absolute atomic E-state index is 0.00315. The summed E-state index contributed by atoms with van der Waals surface area (Å²) in [7, 11) is 0. The van der Waals surface area contributed by atoms with Crippen LogP contribution in [0.5, 0.6) is 0 Å². The molecule has 0 spiro atoms. The Hall–Kier alpha value is -1.32. The van der Waals surface area contributed by atoms with Gasteiger partial charge in [0.15, 0.2) is 0 Å². The van der Waals surface area contributed by atoms with Gasteiger partial charge in [0.05, 0.1) is 0 Å². The van der Waals surface area contributed by atoms with Gasteiger partial charge in [-0.3, -0.25) is 9.59 Å². The molecule has 0 radical (unpaired) electrons. The normalized spacial score (nSPS) is 24.4. The predicted molar refractivity (Wildman–Crippen MR) is 76.6 cm³/mol. The van der Waals surface area contributed by atoms with Gasteiger partial charge in [-0.2, -0.15) is 0 Å². The number of rotatable bonds is 6. The molecule has 4 nitrogen and oxygen atoms in total. The largest absolute Gasteiger partial charge is 0.342 e. The van der Waals surface area contributed by atoms with Gasteiger partial charge >= 0.3 is 0 Å². The van der Waals surface area contributed by atoms with Crippen LogP contribution in [0.1, 0.15) is 47.0 Å².